The maximum Gasteiger partial charge on any atom is 0.245 e. The Morgan fingerprint density at radius 2 is 2.05 bits per heavy atom. The fraction of sp³-hybridized carbons (Fsp3) is 0.462. The Hall–Kier alpha value is -1.12. The SMILES string of the molecule is CCN(CC(=O)NC(C)C)S(=O)(=O)c1ccc(Br)cc1N. The summed E-state index contributed by atoms with van der Waals surface area (Å²) in [6.45, 7) is 5.26. The second-order valence-electron chi connectivity index (χ2n) is 4.84. The third kappa shape index (κ3) is 4.69. The van der Waals surface area contributed by atoms with E-state index < -0.39 is 10.0 Å². The summed E-state index contributed by atoms with van der Waals surface area (Å²) in [6.07, 6.45) is 0. The third-order valence-electron chi connectivity index (χ3n) is 2.71. The van der Waals surface area contributed by atoms with Gasteiger partial charge in [0.25, 0.3) is 0 Å². The highest BCUT2D eigenvalue weighted by molar-refractivity contribution is 9.10. The molecule has 0 radical (unpaired) electrons. The molecular weight excluding hydrogens is 358 g/mol. The fourth-order valence-electron chi connectivity index (χ4n) is 1.79. The number of carbonyl (C=O) groups excluding carboxylic acids is 1. The number of hydrogen-bond acceptors (Lipinski definition) is 4. The van der Waals surface area contributed by atoms with Crippen molar-refractivity contribution in [1.29, 1.82) is 0 Å². The lowest BCUT2D eigenvalue weighted by atomic mass is 10.3. The third-order valence-corrected chi connectivity index (χ3v) is 5.20. The molecule has 3 N–H and O–H groups in total. The van der Waals surface area contributed by atoms with Crippen LogP contribution in [0.3, 0.4) is 0 Å². The lowest BCUT2D eigenvalue weighted by molar-refractivity contribution is -0.121. The van der Waals surface area contributed by atoms with E-state index in [4.69, 9.17) is 5.73 Å². The van der Waals surface area contributed by atoms with Gasteiger partial charge in [-0.15, -0.1) is 0 Å². The van der Waals surface area contributed by atoms with Crippen molar-refractivity contribution in [2.24, 2.45) is 0 Å². The molecule has 0 fully saturated rings. The van der Waals surface area contributed by atoms with Crippen LogP contribution in [-0.4, -0.2) is 37.8 Å². The van der Waals surface area contributed by atoms with Gasteiger partial charge in [0.2, 0.25) is 15.9 Å². The molecule has 6 nitrogen and oxygen atoms in total. The Labute approximate surface area is 133 Å². The molecule has 1 aromatic carbocycles. The number of benzene rings is 1. The highest BCUT2D eigenvalue weighted by atomic mass is 79.9. The predicted octanol–water partition coefficient (Wildman–Crippen LogP) is 1.57. The summed E-state index contributed by atoms with van der Waals surface area (Å²) in [6, 6.07) is 4.51. The number of anilines is 1. The standard InChI is InChI=1S/C13H20BrN3O3S/c1-4-17(8-13(18)16-9(2)3)21(19,20)12-6-5-10(14)7-11(12)15/h5-7,9H,4,8,15H2,1-3H3,(H,16,18). The zero-order valence-corrected chi connectivity index (χ0v) is 14.7. The van der Waals surface area contributed by atoms with E-state index in [1.54, 1.807) is 13.0 Å². The summed E-state index contributed by atoms with van der Waals surface area (Å²) in [4.78, 5) is 11.8. The van der Waals surface area contributed by atoms with Crippen LogP contribution in [0.4, 0.5) is 5.69 Å². The van der Waals surface area contributed by atoms with Crippen LogP contribution in [-0.2, 0) is 14.8 Å². The van der Waals surface area contributed by atoms with Gasteiger partial charge in [-0.1, -0.05) is 22.9 Å². The van der Waals surface area contributed by atoms with Crippen LogP contribution < -0.4 is 11.1 Å². The van der Waals surface area contributed by atoms with Crippen LogP contribution in [0, 0.1) is 0 Å². The van der Waals surface area contributed by atoms with Crippen molar-refractivity contribution in [1.82, 2.24) is 9.62 Å². The van der Waals surface area contributed by atoms with Gasteiger partial charge < -0.3 is 11.1 Å². The molecule has 1 amide bonds. The Morgan fingerprint density at radius 1 is 1.43 bits per heavy atom. The summed E-state index contributed by atoms with van der Waals surface area (Å²) >= 11 is 3.23. The van der Waals surface area contributed by atoms with Crippen LogP contribution in [0.25, 0.3) is 0 Å². The van der Waals surface area contributed by atoms with E-state index in [0.29, 0.717) is 4.47 Å². The zero-order valence-electron chi connectivity index (χ0n) is 12.3. The van der Waals surface area contributed by atoms with Gasteiger partial charge in [-0.25, -0.2) is 8.42 Å². The Bertz CT molecular complexity index is 617. The molecule has 0 aliphatic carbocycles. The quantitative estimate of drug-likeness (QED) is 0.735. The van der Waals surface area contributed by atoms with E-state index >= 15 is 0 Å². The zero-order chi connectivity index (χ0) is 16.2. The van der Waals surface area contributed by atoms with E-state index in [-0.39, 0.29) is 35.6 Å². The van der Waals surface area contributed by atoms with Gasteiger partial charge in [-0.05, 0) is 32.0 Å². The Balaban J connectivity index is 3.05. The highest BCUT2D eigenvalue weighted by Gasteiger charge is 2.27. The minimum atomic E-state index is -3.80. The molecule has 0 saturated carbocycles. The number of nitrogens with zero attached hydrogens (tertiary/aromatic N) is 1. The van der Waals surface area contributed by atoms with Gasteiger partial charge in [0, 0.05) is 17.1 Å². The van der Waals surface area contributed by atoms with E-state index in [1.807, 2.05) is 13.8 Å². The molecule has 0 aliphatic heterocycles. The van der Waals surface area contributed by atoms with E-state index in [1.165, 1.54) is 12.1 Å². The summed E-state index contributed by atoms with van der Waals surface area (Å²) in [7, 11) is -3.80. The first-order valence-corrected chi connectivity index (χ1v) is 8.76. The normalized spacial score (nSPS) is 11.9. The number of amides is 1. The fourth-order valence-corrected chi connectivity index (χ4v) is 3.67. The van der Waals surface area contributed by atoms with Gasteiger partial charge in [0.05, 0.1) is 12.2 Å². The number of halogens is 1. The second-order valence-corrected chi connectivity index (χ2v) is 7.66. The van der Waals surface area contributed by atoms with E-state index in [2.05, 4.69) is 21.2 Å². The lowest BCUT2D eigenvalue weighted by Crippen LogP contribution is -2.42. The van der Waals surface area contributed by atoms with Gasteiger partial charge in [0.15, 0.2) is 0 Å². The van der Waals surface area contributed by atoms with Gasteiger partial charge >= 0.3 is 0 Å². The lowest BCUT2D eigenvalue weighted by Gasteiger charge is -2.21. The van der Waals surface area contributed by atoms with Crippen molar-refractivity contribution in [3.05, 3.63) is 22.7 Å². The van der Waals surface area contributed by atoms with Crippen molar-refractivity contribution in [2.75, 3.05) is 18.8 Å². The average Bonchev–Trinajstić information content (AvgIpc) is 2.34. The van der Waals surface area contributed by atoms with Crippen LogP contribution in [0.2, 0.25) is 0 Å². The van der Waals surface area contributed by atoms with Crippen LogP contribution in [0.1, 0.15) is 20.8 Å². The molecule has 0 aliphatic rings. The van der Waals surface area contributed by atoms with Crippen LogP contribution in [0.5, 0.6) is 0 Å². The first kappa shape index (κ1) is 17.9. The predicted molar refractivity (Wildman–Crippen MR) is 86.3 cm³/mol. The van der Waals surface area contributed by atoms with E-state index in [9.17, 15) is 13.2 Å². The van der Waals surface area contributed by atoms with Gasteiger partial charge in [-0.2, -0.15) is 4.31 Å². The number of nitrogens with two attached hydrogens (primary N) is 1. The first-order chi connectivity index (χ1) is 9.68. The number of nitrogens with one attached hydrogen (secondary N) is 1. The summed E-state index contributed by atoms with van der Waals surface area (Å²) in [5, 5.41) is 2.67. The monoisotopic (exact) mass is 377 g/mol. The first-order valence-electron chi connectivity index (χ1n) is 6.53. The summed E-state index contributed by atoms with van der Waals surface area (Å²) in [5.41, 5.74) is 5.92. The summed E-state index contributed by atoms with van der Waals surface area (Å²) in [5.74, 6) is -0.342. The molecular formula is C13H20BrN3O3S. The van der Waals surface area contributed by atoms with Crippen LogP contribution >= 0.6 is 15.9 Å². The summed E-state index contributed by atoms with van der Waals surface area (Å²) < 4.78 is 26.9. The van der Waals surface area contributed by atoms with E-state index in [0.717, 1.165) is 4.31 Å². The molecule has 0 atom stereocenters. The molecule has 8 heteroatoms. The molecule has 0 aromatic heterocycles. The molecule has 1 rings (SSSR count). The Morgan fingerprint density at radius 3 is 2.52 bits per heavy atom. The number of hydrogen-bond donors (Lipinski definition) is 2. The second kappa shape index (κ2) is 7.24. The number of sulfonamides is 1. The number of rotatable bonds is 6. The molecule has 21 heavy (non-hydrogen) atoms. The maximum absolute atomic E-state index is 12.6. The van der Waals surface area contributed by atoms with Crippen molar-refractivity contribution in [3.8, 4) is 0 Å². The highest BCUT2D eigenvalue weighted by Crippen LogP contribution is 2.25. The van der Waals surface area contributed by atoms with Crippen molar-refractivity contribution >= 4 is 37.5 Å². The van der Waals surface area contributed by atoms with Crippen LogP contribution in [0.15, 0.2) is 27.6 Å². The minimum Gasteiger partial charge on any atom is -0.398 e. The van der Waals surface area contributed by atoms with Gasteiger partial charge in [-0.3, -0.25) is 4.79 Å². The molecule has 0 unspecified atom stereocenters. The number of nitrogen functional groups attached to an aromatic ring is 1. The molecule has 0 saturated heterocycles. The molecule has 0 heterocycles. The molecule has 0 bridgehead atoms. The molecule has 1 aromatic rings. The van der Waals surface area contributed by atoms with Crippen molar-refractivity contribution in [3.63, 3.8) is 0 Å². The largest absolute Gasteiger partial charge is 0.398 e. The number of carbonyl (C=O) groups is 1. The molecule has 0 spiro atoms. The minimum absolute atomic E-state index is 0.00453. The average molecular weight is 378 g/mol. The smallest absolute Gasteiger partial charge is 0.245 e. The van der Waals surface area contributed by atoms with Crippen molar-refractivity contribution < 1.29 is 13.2 Å². The number of likely N-dealkylation sites (N-methyl/N-ethyl adjacent to an activating group) is 1. The molecule has 118 valence electrons. The maximum atomic E-state index is 12.6. The topological polar surface area (TPSA) is 92.5 Å². The van der Waals surface area contributed by atoms with Crippen molar-refractivity contribution in [2.45, 2.75) is 31.7 Å². The Kier molecular flexibility index (Phi) is 6.18. The van der Waals surface area contributed by atoms with Gasteiger partial charge in [0.1, 0.15) is 4.90 Å².